The van der Waals surface area contributed by atoms with Gasteiger partial charge in [0.2, 0.25) is 0 Å². The molecule has 0 saturated heterocycles. The van der Waals surface area contributed by atoms with Gasteiger partial charge in [-0.05, 0) is 37.3 Å². The Labute approximate surface area is 119 Å². The largest absolute Gasteiger partial charge is 0.349 e. The third-order valence-corrected chi connectivity index (χ3v) is 4.50. The predicted molar refractivity (Wildman–Crippen MR) is 73.5 cm³/mol. The van der Waals surface area contributed by atoms with Gasteiger partial charge in [-0.2, -0.15) is 0 Å². The van der Waals surface area contributed by atoms with Crippen LogP contribution in [0, 0.1) is 24.5 Å². The Hall–Kier alpha value is -0.970. The Kier molecular flexibility index (Phi) is 4.55. The van der Waals surface area contributed by atoms with Gasteiger partial charge in [-0.25, -0.2) is 8.78 Å². The van der Waals surface area contributed by atoms with Gasteiger partial charge in [-0.3, -0.25) is 4.79 Å². The number of nitrogens with one attached hydrogen (secondary N) is 1. The van der Waals surface area contributed by atoms with E-state index in [2.05, 4.69) is 21.2 Å². The topological polar surface area (TPSA) is 29.1 Å². The number of amides is 1. The van der Waals surface area contributed by atoms with Crippen molar-refractivity contribution in [3.8, 4) is 0 Å². The molecule has 2 atom stereocenters. The maximum Gasteiger partial charge on any atom is 0.254 e. The van der Waals surface area contributed by atoms with Gasteiger partial charge in [0.25, 0.3) is 5.91 Å². The highest BCUT2D eigenvalue weighted by Crippen LogP contribution is 2.27. The van der Waals surface area contributed by atoms with Gasteiger partial charge in [0.05, 0.1) is 5.56 Å². The van der Waals surface area contributed by atoms with Crippen LogP contribution in [-0.2, 0) is 0 Å². The van der Waals surface area contributed by atoms with Crippen LogP contribution in [0.25, 0.3) is 0 Å². The minimum atomic E-state index is -0.811. The first-order chi connectivity index (χ1) is 9.02. The number of hydrogen-bond acceptors (Lipinski definition) is 1. The lowest BCUT2D eigenvalue weighted by molar-refractivity contribution is 0.0926. The lowest BCUT2D eigenvalue weighted by Gasteiger charge is -2.19. The summed E-state index contributed by atoms with van der Waals surface area (Å²) in [5.41, 5.74) is 0.189. The quantitative estimate of drug-likeness (QED) is 0.843. The summed E-state index contributed by atoms with van der Waals surface area (Å²) in [5, 5.41) is 3.67. The molecule has 0 bridgehead atoms. The molecular weight excluding hydrogens is 316 g/mol. The van der Waals surface area contributed by atoms with Crippen LogP contribution in [-0.4, -0.2) is 17.3 Å². The highest BCUT2D eigenvalue weighted by Gasteiger charge is 2.28. The molecule has 5 heteroatoms. The van der Waals surface area contributed by atoms with Gasteiger partial charge in [0.1, 0.15) is 11.6 Å². The molecule has 19 heavy (non-hydrogen) atoms. The average Bonchev–Trinajstić information content (AvgIpc) is 2.80. The van der Waals surface area contributed by atoms with E-state index in [0.717, 1.165) is 30.7 Å². The minimum absolute atomic E-state index is 0.0663. The Morgan fingerprint density at radius 2 is 2.11 bits per heavy atom. The number of halogens is 3. The zero-order valence-corrected chi connectivity index (χ0v) is 12.3. The van der Waals surface area contributed by atoms with E-state index in [0.29, 0.717) is 5.92 Å². The molecule has 0 spiro atoms. The summed E-state index contributed by atoms with van der Waals surface area (Å²) >= 11 is 3.42. The summed E-state index contributed by atoms with van der Waals surface area (Å²) in [7, 11) is 0. The van der Waals surface area contributed by atoms with Crippen molar-refractivity contribution < 1.29 is 13.6 Å². The molecule has 1 aromatic rings. The van der Waals surface area contributed by atoms with Gasteiger partial charge < -0.3 is 5.32 Å². The number of carbonyl (C=O) groups excluding carboxylic acids is 1. The van der Waals surface area contributed by atoms with Crippen molar-refractivity contribution >= 4 is 21.8 Å². The number of aryl methyl sites for hydroxylation is 1. The molecule has 1 aliphatic rings. The highest BCUT2D eigenvalue weighted by atomic mass is 79.9. The molecule has 1 saturated carbocycles. The molecule has 0 aliphatic heterocycles. The molecule has 0 radical (unpaired) electrons. The number of alkyl halides is 1. The monoisotopic (exact) mass is 331 g/mol. The van der Waals surface area contributed by atoms with E-state index >= 15 is 0 Å². The molecule has 104 valence electrons. The van der Waals surface area contributed by atoms with E-state index in [1.165, 1.54) is 13.0 Å². The van der Waals surface area contributed by atoms with Crippen LogP contribution in [0.4, 0.5) is 8.78 Å². The zero-order valence-electron chi connectivity index (χ0n) is 10.7. The summed E-state index contributed by atoms with van der Waals surface area (Å²) in [6.07, 6.45) is 3.02. The third-order valence-electron chi connectivity index (χ3n) is 3.67. The summed E-state index contributed by atoms with van der Waals surface area (Å²) < 4.78 is 26.8. The van der Waals surface area contributed by atoms with E-state index in [-0.39, 0.29) is 17.2 Å². The van der Waals surface area contributed by atoms with Crippen molar-refractivity contribution in [2.75, 3.05) is 5.33 Å². The molecule has 2 rings (SSSR count). The van der Waals surface area contributed by atoms with Gasteiger partial charge in [0.15, 0.2) is 0 Å². The summed E-state index contributed by atoms with van der Waals surface area (Å²) in [6, 6.07) is 2.09. The summed E-state index contributed by atoms with van der Waals surface area (Å²) in [5.74, 6) is -1.52. The van der Waals surface area contributed by atoms with Crippen LogP contribution in [0.5, 0.6) is 0 Å². The standard InChI is InChI=1S/C14H16BrF2NO/c1-8-5-10(12(17)6-11(8)16)14(19)18-13-4-2-3-9(13)7-15/h5-6,9,13H,2-4,7H2,1H3,(H,18,19). The van der Waals surface area contributed by atoms with Gasteiger partial charge in [-0.15, -0.1) is 0 Å². The first-order valence-electron chi connectivity index (χ1n) is 6.35. The molecule has 0 aromatic heterocycles. The Bertz CT molecular complexity index is 493. The number of carbonyl (C=O) groups is 1. The molecule has 1 aliphatic carbocycles. The normalized spacial score (nSPS) is 22.5. The second-order valence-corrected chi connectivity index (χ2v) is 5.65. The number of hydrogen-bond donors (Lipinski definition) is 1. The SMILES string of the molecule is Cc1cc(C(=O)NC2CCCC2CBr)c(F)cc1F. The summed E-state index contributed by atoms with van der Waals surface area (Å²) in [6.45, 7) is 1.52. The van der Waals surface area contributed by atoms with Crippen molar-refractivity contribution in [1.29, 1.82) is 0 Å². The molecule has 2 unspecified atom stereocenters. The number of benzene rings is 1. The molecule has 0 heterocycles. The zero-order chi connectivity index (χ0) is 14.0. The predicted octanol–water partition coefficient (Wildman–Crippen LogP) is 3.57. The van der Waals surface area contributed by atoms with Crippen LogP contribution >= 0.6 is 15.9 Å². The van der Waals surface area contributed by atoms with Crippen LogP contribution in [0.15, 0.2) is 12.1 Å². The molecule has 1 amide bonds. The van der Waals surface area contributed by atoms with Crippen molar-refractivity contribution in [3.05, 3.63) is 34.9 Å². The fourth-order valence-electron chi connectivity index (χ4n) is 2.49. The third kappa shape index (κ3) is 3.14. The second-order valence-electron chi connectivity index (χ2n) is 5.01. The highest BCUT2D eigenvalue weighted by molar-refractivity contribution is 9.09. The van der Waals surface area contributed by atoms with Crippen molar-refractivity contribution in [2.24, 2.45) is 5.92 Å². The van der Waals surface area contributed by atoms with Crippen molar-refractivity contribution in [1.82, 2.24) is 5.32 Å². The second kappa shape index (κ2) is 5.99. The van der Waals surface area contributed by atoms with Gasteiger partial charge in [0, 0.05) is 17.4 Å². The number of rotatable bonds is 3. The maximum atomic E-state index is 13.6. The van der Waals surface area contributed by atoms with Crippen LogP contribution in [0.2, 0.25) is 0 Å². The lowest BCUT2D eigenvalue weighted by atomic mass is 10.0. The average molecular weight is 332 g/mol. The van der Waals surface area contributed by atoms with Crippen LogP contribution in [0.3, 0.4) is 0 Å². The van der Waals surface area contributed by atoms with E-state index in [1.54, 1.807) is 0 Å². The summed E-state index contributed by atoms with van der Waals surface area (Å²) in [4.78, 5) is 12.1. The van der Waals surface area contributed by atoms with Crippen LogP contribution in [0.1, 0.15) is 35.2 Å². The Morgan fingerprint density at radius 1 is 1.37 bits per heavy atom. The molecule has 1 N–H and O–H groups in total. The molecular formula is C14H16BrF2NO. The van der Waals surface area contributed by atoms with E-state index < -0.39 is 17.5 Å². The Balaban J connectivity index is 2.14. The van der Waals surface area contributed by atoms with E-state index in [9.17, 15) is 13.6 Å². The van der Waals surface area contributed by atoms with Gasteiger partial charge >= 0.3 is 0 Å². The van der Waals surface area contributed by atoms with E-state index in [1.807, 2.05) is 0 Å². The fraction of sp³-hybridized carbons (Fsp3) is 0.500. The molecule has 1 fully saturated rings. The first kappa shape index (κ1) is 14.4. The smallest absolute Gasteiger partial charge is 0.254 e. The van der Waals surface area contributed by atoms with Crippen molar-refractivity contribution in [2.45, 2.75) is 32.2 Å². The van der Waals surface area contributed by atoms with Gasteiger partial charge in [-0.1, -0.05) is 22.4 Å². The molecule has 2 nitrogen and oxygen atoms in total. The minimum Gasteiger partial charge on any atom is -0.349 e. The fourth-order valence-corrected chi connectivity index (χ4v) is 3.26. The van der Waals surface area contributed by atoms with E-state index in [4.69, 9.17) is 0 Å². The molecule has 1 aromatic carbocycles. The van der Waals surface area contributed by atoms with Crippen molar-refractivity contribution in [3.63, 3.8) is 0 Å². The lowest BCUT2D eigenvalue weighted by Crippen LogP contribution is -2.38. The first-order valence-corrected chi connectivity index (χ1v) is 7.47. The maximum absolute atomic E-state index is 13.6. The Morgan fingerprint density at radius 3 is 2.79 bits per heavy atom. The van der Waals surface area contributed by atoms with Crippen LogP contribution < -0.4 is 5.32 Å².